The predicted molar refractivity (Wildman–Crippen MR) is 74.4 cm³/mol. The van der Waals surface area contributed by atoms with Gasteiger partial charge in [0.25, 0.3) is 0 Å². The van der Waals surface area contributed by atoms with Crippen LogP contribution in [0.1, 0.15) is 17.2 Å². The van der Waals surface area contributed by atoms with E-state index in [-0.39, 0.29) is 11.6 Å². The van der Waals surface area contributed by atoms with Gasteiger partial charge in [0.2, 0.25) is 0 Å². The molecule has 0 amide bonds. The molecule has 1 atom stereocenters. The van der Waals surface area contributed by atoms with Crippen LogP contribution in [0, 0.1) is 5.82 Å². The van der Waals surface area contributed by atoms with Gasteiger partial charge in [0.05, 0.1) is 0 Å². The second kappa shape index (κ2) is 4.96. The number of fused-ring (bicyclic) bond motifs is 1. The summed E-state index contributed by atoms with van der Waals surface area (Å²) in [5.41, 5.74) is 2.70. The average molecular weight is 271 g/mol. The molecule has 1 N–H and O–H groups in total. The summed E-state index contributed by atoms with van der Waals surface area (Å²) in [6, 6.07) is 10.8. The van der Waals surface area contributed by atoms with Crippen molar-refractivity contribution in [2.45, 2.75) is 12.5 Å². The second-order valence-electron chi connectivity index (χ2n) is 4.88. The number of phenolic OH excluding ortho intramolecular Hbond substituents is 1. The van der Waals surface area contributed by atoms with Crippen LogP contribution in [0.25, 0.3) is 0 Å². The first-order chi connectivity index (χ1) is 9.69. The Balaban J connectivity index is 2.00. The second-order valence-corrected chi connectivity index (χ2v) is 4.88. The molecular formula is C16H14FNO2. The molecule has 0 spiro atoms. The number of hydrogen-bond acceptors (Lipinski definition) is 3. The van der Waals surface area contributed by atoms with Crippen LogP contribution < -0.4 is 4.90 Å². The number of benzene rings is 2. The van der Waals surface area contributed by atoms with Gasteiger partial charge in [0.15, 0.2) is 0 Å². The summed E-state index contributed by atoms with van der Waals surface area (Å²) >= 11 is 0. The molecule has 0 fully saturated rings. The molecule has 0 bridgehead atoms. The van der Waals surface area contributed by atoms with Crippen molar-refractivity contribution in [3.8, 4) is 5.75 Å². The number of aromatic hydroxyl groups is 1. The molecule has 3 nitrogen and oxygen atoms in total. The lowest BCUT2D eigenvalue weighted by Gasteiger charge is -2.36. The maximum atomic E-state index is 13.0. The largest absolute Gasteiger partial charge is 0.508 e. The first kappa shape index (κ1) is 12.7. The standard InChI is InChI=1S/C16H14FNO2/c17-12-1-3-13(4-2-12)18-8-7-11-9-14(20)5-6-15(11)16(18)10-19/h1-6,9-10,16,20H,7-8H2. The lowest BCUT2D eigenvalue weighted by Crippen LogP contribution is -2.36. The summed E-state index contributed by atoms with van der Waals surface area (Å²) < 4.78 is 13.0. The molecule has 3 rings (SSSR count). The fraction of sp³-hybridized carbons (Fsp3) is 0.188. The third-order valence-electron chi connectivity index (χ3n) is 3.69. The number of anilines is 1. The van der Waals surface area contributed by atoms with Crippen LogP contribution >= 0.6 is 0 Å². The highest BCUT2D eigenvalue weighted by Gasteiger charge is 2.27. The number of aldehydes is 1. The lowest BCUT2D eigenvalue weighted by molar-refractivity contribution is -0.109. The minimum Gasteiger partial charge on any atom is -0.508 e. The molecule has 0 radical (unpaired) electrons. The summed E-state index contributed by atoms with van der Waals surface area (Å²) in [6.45, 7) is 0.658. The van der Waals surface area contributed by atoms with E-state index in [0.29, 0.717) is 6.54 Å². The van der Waals surface area contributed by atoms with Gasteiger partial charge in [-0.2, -0.15) is 0 Å². The molecule has 102 valence electrons. The van der Waals surface area contributed by atoms with E-state index in [1.54, 1.807) is 30.3 Å². The first-order valence-electron chi connectivity index (χ1n) is 6.48. The molecular weight excluding hydrogens is 257 g/mol. The highest BCUT2D eigenvalue weighted by molar-refractivity contribution is 5.71. The number of nitrogens with zero attached hydrogens (tertiary/aromatic N) is 1. The fourth-order valence-corrected chi connectivity index (χ4v) is 2.71. The average Bonchev–Trinajstić information content (AvgIpc) is 2.46. The van der Waals surface area contributed by atoms with Crippen molar-refractivity contribution in [3.63, 3.8) is 0 Å². The molecule has 2 aromatic carbocycles. The summed E-state index contributed by atoms with van der Waals surface area (Å²) in [4.78, 5) is 13.4. The Kier molecular flexibility index (Phi) is 3.14. The van der Waals surface area contributed by atoms with Gasteiger partial charge in [-0.25, -0.2) is 4.39 Å². The van der Waals surface area contributed by atoms with Crippen molar-refractivity contribution in [3.05, 3.63) is 59.4 Å². The van der Waals surface area contributed by atoms with Crippen LogP contribution in [-0.4, -0.2) is 17.9 Å². The van der Waals surface area contributed by atoms with Crippen LogP contribution in [0.3, 0.4) is 0 Å². The predicted octanol–water partition coefficient (Wildman–Crippen LogP) is 2.83. The molecule has 0 saturated heterocycles. The Morgan fingerprint density at radius 2 is 1.95 bits per heavy atom. The SMILES string of the molecule is O=CC1c2ccc(O)cc2CCN1c1ccc(F)cc1. The van der Waals surface area contributed by atoms with Crippen molar-refractivity contribution in [2.75, 3.05) is 11.4 Å². The molecule has 1 unspecified atom stereocenters. The molecule has 1 aliphatic rings. The van der Waals surface area contributed by atoms with Gasteiger partial charge >= 0.3 is 0 Å². The number of halogens is 1. The fourth-order valence-electron chi connectivity index (χ4n) is 2.71. The van der Waals surface area contributed by atoms with Crippen LogP contribution in [0.2, 0.25) is 0 Å². The van der Waals surface area contributed by atoms with E-state index in [0.717, 1.165) is 29.5 Å². The molecule has 2 aromatic rings. The van der Waals surface area contributed by atoms with Gasteiger partial charge in [-0.15, -0.1) is 0 Å². The van der Waals surface area contributed by atoms with Gasteiger partial charge in [-0.05, 0) is 53.9 Å². The monoisotopic (exact) mass is 271 g/mol. The van der Waals surface area contributed by atoms with Crippen molar-refractivity contribution < 1.29 is 14.3 Å². The molecule has 1 heterocycles. The van der Waals surface area contributed by atoms with Crippen molar-refractivity contribution >= 4 is 12.0 Å². The normalized spacial score (nSPS) is 17.6. The quantitative estimate of drug-likeness (QED) is 0.854. The number of carbonyl (C=O) groups excluding carboxylic acids is 1. The Labute approximate surface area is 116 Å². The highest BCUT2D eigenvalue weighted by atomic mass is 19.1. The Morgan fingerprint density at radius 3 is 2.65 bits per heavy atom. The summed E-state index contributed by atoms with van der Waals surface area (Å²) in [6.07, 6.45) is 1.63. The van der Waals surface area contributed by atoms with E-state index in [4.69, 9.17) is 0 Å². The molecule has 20 heavy (non-hydrogen) atoms. The van der Waals surface area contributed by atoms with Gasteiger partial charge in [0.1, 0.15) is 23.9 Å². The zero-order chi connectivity index (χ0) is 14.1. The number of carbonyl (C=O) groups is 1. The Hall–Kier alpha value is -2.36. The summed E-state index contributed by atoms with van der Waals surface area (Å²) in [5.74, 6) is -0.0811. The number of hydrogen-bond donors (Lipinski definition) is 1. The van der Waals surface area contributed by atoms with Crippen LogP contribution in [0.5, 0.6) is 5.75 Å². The lowest BCUT2D eigenvalue weighted by atomic mass is 9.92. The maximum Gasteiger partial charge on any atom is 0.146 e. The Bertz CT molecular complexity index is 639. The maximum absolute atomic E-state index is 13.0. The van der Waals surface area contributed by atoms with E-state index in [9.17, 15) is 14.3 Å². The smallest absolute Gasteiger partial charge is 0.146 e. The number of phenols is 1. The van der Waals surface area contributed by atoms with Crippen molar-refractivity contribution in [1.82, 2.24) is 0 Å². The van der Waals surface area contributed by atoms with Gasteiger partial charge in [0, 0.05) is 12.2 Å². The Morgan fingerprint density at radius 1 is 1.20 bits per heavy atom. The van der Waals surface area contributed by atoms with Crippen LogP contribution in [-0.2, 0) is 11.2 Å². The molecule has 0 aromatic heterocycles. The molecule has 0 saturated carbocycles. The van der Waals surface area contributed by atoms with E-state index >= 15 is 0 Å². The van der Waals surface area contributed by atoms with Crippen molar-refractivity contribution in [1.29, 1.82) is 0 Å². The molecule has 0 aliphatic carbocycles. The summed E-state index contributed by atoms with van der Waals surface area (Å²) in [7, 11) is 0. The highest BCUT2D eigenvalue weighted by Crippen LogP contribution is 2.34. The molecule has 4 heteroatoms. The topological polar surface area (TPSA) is 40.5 Å². The van der Waals surface area contributed by atoms with Gasteiger partial charge < -0.3 is 14.8 Å². The third kappa shape index (κ3) is 2.13. The summed E-state index contributed by atoms with van der Waals surface area (Å²) in [5, 5.41) is 9.52. The van der Waals surface area contributed by atoms with E-state index < -0.39 is 6.04 Å². The van der Waals surface area contributed by atoms with Crippen molar-refractivity contribution in [2.24, 2.45) is 0 Å². The van der Waals surface area contributed by atoms with E-state index in [1.165, 1.54) is 12.1 Å². The van der Waals surface area contributed by atoms with E-state index in [1.807, 2.05) is 4.90 Å². The molecule has 1 aliphatic heterocycles. The van der Waals surface area contributed by atoms with Crippen LogP contribution in [0.4, 0.5) is 10.1 Å². The van der Waals surface area contributed by atoms with E-state index in [2.05, 4.69) is 0 Å². The third-order valence-corrected chi connectivity index (χ3v) is 3.69. The van der Waals surface area contributed by atoms with Crippen LogP contribution in [0.15, 0.2) is 42.5 Å². The zero-order valence-electron chi connectivity index (χ0n) is 10.8. The zero-order valence-corrected chi connectivity index (χ0v) is 10.8. The van der Waals surface area contributed by atoms with Gasteiger partial charge in [-0.3, -0.25) is 0 Å². The minimum atomic E-state index is -0.398. The first-order valence-corrected chi connectivity index (χ1v) is 6.48. The number of rotatable bonds is 2. The van der Waals surface area contributed by atoms with Gasteiger partial charge in [-0.1, -0.05) is 6.07 Å². The minimum absolute atomic E-state index is 0.212.